The average molecular weight is 161 g/mol. The topological polar surface area (TPSA) is 52.5 Å². The second-order valence-corrected chi connectivity index (χ2v) is 3.28. The summed E-state index contributed by atoms with van der Waals surface area (Å²) in [7, 11) is 0. The molecule has 1 aromatic heterocycles. The minimum atomic E-state index is 0.442. The van der Waals surface area contributed by atoms with Gasteiger partial charge < -0.3 is 4.98 Å². The lowest BCUT2D eigenvalue weighted by molar-refractivity contribution is 0.702. The Morgan fingerprint density at radius 2 is 2.25 bits per heavy atom. The number of hydrogen-bond acceptors (Lipinski definition) is 2. The van der Waals surface area contributed by atoms with Crippen molar-refractivity contribution < 1.29 is 0 Å². The van der Waals surface area contributed by atoms with Gasteiger partial charge >= 0.3 is 0 Å². The zero-order valence-corrected chi connectivity index (χ0v) is 6.88. The number of H-pyrrole nitrogens is 1. The van der Waals surface area contributed by atoms with Crippen LogP contribution in [0.2, 0.25) is 0 Å². The SMILES string of the molecule is N#Cc1ncc(C2CCCC2)[nH]1. The molecule has 1 aliphatic carbocycles. The first-order valence-corrected chi connectivity index (χ1v) is 4.35. The van der Waals surface area contributed by atoms with E-state index in [0.29, 0.717) is 11.7 Å². The second kappa shape index (κ2) is 2.98. The van der Waals surface area contributed by atoms with Gasteiger partial charge in [-0.15, -0.1) is 0 Å². The largest absolute Gasteiger partial charge is 0.333 e. The van der Waals surface area contributed by atoms with Crippen LogP contribution in [0.4, 0.5) is 0 Å². The van der Waals surface area contributed by atoms with E-state index in [1.165, 1.54) is 25.7 Å². The molecule has 0 unspecified atom stereocenters. The number of nitrogens with one attached hydrogen (secondary N) is 1. The van der Waals surface area contributed by atoms with E-state index in [9.17, 15) is 0 Å². The van der Waals surface area contributed by atoms with Crippen molar-refractivity contribution in [1.82, 2.24) is 9.97 Å². The minimum Gasteiger partial charge on any atom is -0.333 e. The maximum atomic E-state index is 8.55. The predicted molar refractivity (Wildman–Crippen MR) is 44.5 cm³/mol. The lowest BCUT2D eigenvalue weighted by atomic mass is 10.1. The Balaban J connectivity index is 2.17. The van der Waals surface area contributed by atoms with Crippen LogP contribution in [0.15, 0.2) is 6.20 Å². The summed E-state index contributed by atoms with van der Waals surface area (Å²) in [6.07, 6.45) is 6.91. The quantitative estimate of drug-likeness (QED) is 0.684. The van der Waals surface area contributed by atoms with Crippen molar-refractivity contribution in [2.75, 3.05) is 0 Å². The predicted octanol–water partition coefficient (Wildman–Crippen LogP) is 1.94. The number of aromatic amines is 1. The van der Waals surface area contributed by atoms with Crippen LogP contribution >= 0.6 is 0 Å². The van der Waals surface area contributed by atoms with Gasteiger partial charge in [0.05, 0.1) is 0 Å². The van der Waals surface area contributed by atoms with Crippen LogP contribution in [-0.2, 0) is 0 Å². The third-order valence-corrected chi connectivity index (χ3v) is 2.50. The number of hydrogen-bond donors (Lipinski definition) is 1. The first-order valence-electron chi connectivity index (χ1n) is 4.35. The Morgan fingerprint density at radius 3 is 2.83 bits per heavy atom. The lowest BCUT2D eigenvalue weighted by Gasteiger charge is -2.03. The number of imidazole rings is 1. The molecule has 0 aromatic carbocycles. The Kier molecular flexibility index (Phi) is 1.83. The fourth-order valence-corrected chi connectivity index (χ4v) is 1.84. The monoisotopic (exact) mass is 161 g/mol. The zero-order chi connectivity index (χ0) is 8.39. The molecule has 1 aliphatic rings. The van der Waals surface area contributed by atoms with E-state index in [4.69, 9.17) is 5.26 Å². The Labute approximate surface area is 71.4 Å². The molecule has 1 heterocycles. The molecule has 0 aliphatic heterocycles. The Hall–Kier alpha value is -1.30. The van der Waals surface area contributed by atoms with E-state index in [1.807, 2.05) is 6.07 Å². The molecule has 0 amide bonds. The molecule has 0 radical (unpaired) electrons. The highest BCUT2D eigenvalue weighted by Crippen LogP contribution is 2.32. The van der Waals surface area contributed by atoms with Gasteiger partial charge in [-0.2, -0.15) is 5.26 Å². The van der Waals surface area contributed by atoms with Crippen LogP contribution in [-0.4, -0.2) is 9.97 Å². The number of nitrogens with zero attached hydrogens (tertiary/aromatic N) is 2. The van der Waals surface area contributed by atoms with Gasteiger partial charge in [0, 0.05) is 17.8 Å². The molecular weight excluding hydrogens is 150 g/mol. The molecule has 0 saturated heterocycles. The van der Waals surface area contributed by atoms with Crippen molar-refractivity contribution in [3.63, 3.8) is 0 Å². The molecule has 1 aromatic rings. The number of nitriles is 1. The molecule has 62 valence electrons. The summed E-state index contributed by atoms with van der Waals surface area (Å²) in [6.45, 7) is 0. The third-order valence-electron chi connectivity index (χ3n) is 2.50. The van der Waals surface area contributed by atoms with Gasteiger partial charge in [0.2, 0.25) is 5.82 Å². The van der Waals surface area contributed by atoms with Gasteiger partial charge in [0.25, 0.3) is 0 Å². The molecular formula is C9H11N3. The van der Waals surface area contributed by atoms with Crippen molar-refractivity contribution in [3.05, 3.63) is 17.7 Å². The summed E-state index contributed by atoms with van der Waals surface area (Å²) < 4.78 is 0. The Bertz CT molecular complexity index is 302. The van der Waals surface area contributed by atoms with Crippen molar-refractivity contribution in [2.45, 2.75) is 31.6 Å². The molecule has 0 spiro atoms. The van der Waals surface area contributed by atoms with Crippen LogP contribution in [0, 0.1) is 11.3 Å². The average Bonchev–Trinajstić information content (AvgIpc) is 2.75. The molecule has 1 saturated carbocycles. The second-order valence-electron chi connectivity index (χ2n) is 3.28. The van der Waals surface area contributed by atoms with E-state index in [1.54, 1.807) is 6.20 Å². The molecule has 12 heavy (non-hydrogen) atoms. The van der Waals surface area contributed by atoms with Crippen LogP contribution in [0.5, 0.6) is 0 Å². The van der Waals surface area contributed by atoms with Gasteiger partial charge in [-0.3, -0.25) is 0 Å². The smallest absolute Gasteiger partial charge is 0.210 e. The summed E-state index contributed by atoms with van der Waals surface area (Å²) in [6, 6.07) is 2.00. The summed E-state index contributed by atoms with van der Waals surface area (Å²) in [5.74, 6) is 1.07. The van der Waals surface area contributed by atoms with Gasteiger partial charge in [-0.05, 0) is 12.8 Å². The molecule has 0 atom stereocenters. The van der Waals surface area contributed by atoms with Gasteiger partial charge in [-0.25, -0.2) is 4.98 Å². The van der Waals surface area contributed by atoms with E-state index >= 15 is 0 Å². The number of rotatable bonds is 1. The fraction of sp³-hybridized carbons (Fsp3) is 0.556. The molecule has 1 fully saturated rings. The van der Waals surface area contributed by atoms with E-state index < -0.39 is 0 Å². The maximum absolute atomic E-state index is 8.55. The van der Waals surface area contributed by atoms with Crippen LogP contribution in [0.3, 0.4) is 0 Å². The zero-order valence-electron chi connectivity index (χ0n) is 6.88. The van der Waals surface area contributed by atoms with Gasteiger partial charge in [0.15, 0.2) is 0 Å². The van der Waals surface area contributed by atoms with Crippen LogP contribution < -0.4 is 0 Å². The van der Waals surface area contributed by atoms with Gasteiger partial charge in [-0.1, -0.05) is 12.8 Å². The molecule has 0 bridgehead atoms. The summed E-state index contributed by atoms with van der Waals surface area (Å²) in [5, 5.41) is 8.55. The summed E-state index contributed by atoms with van der Waals surface area (Å²) >= 11 is 0. The first kappa shape index (κ1) is 7.35. The highest BCUT2D eigenvalue weighted by Gasteiger charge is 2.18. The molecule has 3 nitrogen and oxygen atoms in total. The summed E-state index contributed by atoms with van der Waals surface area (Å²) in [4.78, 5) is 7.00. The maximum Gasteiger partial charge on any atom is 0.210 e. The van der Waals surface area contributed by atoms with E-state index in [2.05, 4.69) is 9.97 Å². The normalized spacial score (nSPS) is 17.9. The van der Waals surface area contributed by atoms with E-state index in [0.717, 1.165) is 5.69 Å². The summed E-state index contributed by atoms with van der Waals surface area (Å²) in [5.41, 5.74) is 1.14. The van der Waals surface area contributed by atoms with Crippen molar-refractivity contribution in [3.8, 4) is 6.07 Å². The van der Waals surface area contributed by atoms with Crippen molar-refractivity contribution in [1.29, 1.82) is 5.26 Å². The standard InChI is InChI=1S/C9H11N3/c10-5-9-11-6-8(12-9)7-3-1-2-4-7/h6-7H,1-4H2,(H,11,12). The molecule has 1 N–H and O–H groups in total. The Morgan fingerprint density at radius 1 is 1.50 bits per heavy atom. The van der Waals surface area contributed by atoms with Crippen LogP contribution in [0.25, 0.3) is 0 Å². The fourth-order valence-electron chi connectivity index (χ4n) is 1.84. The van der Waals surface area contributed by atoms with Crippen molar-refractivity contribution >= 4 is 0 Å². The molecule has 3 heteroatoms. The van der Waals surface area contributed by atoms with Crippen molar-refractivity contribution in [2.24, 2.45) is 0 Å². The van der Waals surface area contributed by atoms with E-state index in [-0.39, 0.29) is 0 Å². The third kappa shape index (κ3) is 1.20. The highest BCUT2D eigenvalue weighted by molar-refractivity contribution is 5.16. The van der Waals surface area contributed by atoms with Crippen LogP contribution in [0.1, 0.15) is 43.1 Å². The van der Waals surface area contributed by atoms with Gasteiger partial charge in [0.1, 0.15) is 6.07 Å². The minimum absolute atomic E-state index is 0.442. The molecule has 2 rings (SSSR count). The first-order chi connectivity index (χ1) is 5.90. The number of aromatic nitrogens is 2. The highest BCUT2D eigenvalue weighted by atomic mass is 14.9. The lowest BCUT2D eigenvalue weighted by Crippen LogP contribution is -1.91.